The molecule has 3 aromatic rings. The van der Waals surface area contributed by atoms with Crippen LogP contribution in [0.4, 0.5) is 10.8 Å². The zero-order valence-electron chi connectivity index (χ0n) is 21.0. The first kappa shape index (κ1) is 25.1. The molecule has 0 radical (unpaired) electrons. The molecule has 2 aromatic heterocycles. The summed E-state index contributed by atoms with van der Waals surface area (Å²) in [6, 6.07) is 12.3. The maximum atomic E-state index is 12.8. The van der Waals surface area contributed by atoms with Crippen molar-refractivity contribution in [3.63, 3.8) is 0 Å². The van der Waals surface area contributed by atoms with Gasteiger partial charge in [0, 0.05) is 50.0 Å². The third-order valence-corrected chi connectivity index (χ3v) is 7.50. The quantitative estimate of drug-likeness (QED) is 0.455. The van der Waals surface area contributed by atoms with Gasteiger partial charge in [-0.25, -0.2) is 0 Å². The van der Waals surface area contributed by atoms with E-state index in [-0.39, 0.29) is 5.91 Å². The van der Waals surface area contributed by atoms with Gasteiger partial charge in [-0.05, 0) is 62.9 Å². The number of hydrogen-bond donors (Lipinski definition) is 2. The summed E-state index contributed by atoms with van der Waals surface area (Å²) < 4.78 is 10.7. The smallest absolute Gasteiger partial charge is 0.267 e. The number of hydrogen-bond acceptors (Lipinski definition) is 7. The van der Waals surface area contributed by atoms with Crippen molar-refractivity contribution in [2.75, 3.05) is 50.6 Å². The van der Waals surface area contributed by atoms with Gasteiger partial charge in [0.25, 0.3) is 5.91 Å². The molecule has 4 rings (SSSR count). The second-order valence-electron chi connectivity index (χ2n) is 9.06. The molecule has 0 saturated carbocycles. The Morgan fingerprint density at radius 2 is 1.83 bits per heavy atom. The highest BCUT2D eigenvalue weighted by Gasteiger charge is 2.19. The molecule has 1 aromatic carbocycles. The van der Waals surface area contributed by atoms with Gasteiger partial charge in [0.1, 0.15) is 11.5 Å². The Labute approximate surface area is 211 Å². The lowest BCUT2D eigenvalue weighted by atomic mass is 10.1. The topological polar surface area (TPSA) is 82.7 Å². The number of aromatic amines is 1. The molecular weight excluding hydrogens is 462 g/mol. The number of nitrogens with zero attached hydrogens (tertiary/aromatic N) is 3. The molecule has 9 heteroatoms. The molecule has 35 heavy (non-hydrogen) atoms. The van der Waals surface area contributed by atoms with Crippen molar-refractivity contribution in [2.24, 2.45) is 0 Å². The van der Waals surface area contributed by atoms with Gasteiger partial charge < -0.3 is 19.7 Å². The molecule has 0 atom stereocenters. The predicted molar refractivity (Wildman–Crippen MR) is 141 cm³/mol. The lowest BCUT2D eigenvalue weighted by Crippen LogP contribution is -2.34. The molecule has 188 valence electrons. The zero-order valence-corrected chi connectivity index (χ0v) is 21.8. The summed E-state index contributed by atoms with van der Waals surface area (Å²) >= 11 is 1.54. The van der Waals surface area contributed by atoms with Crippen LogP contribution in [0.25, 0.3) is 0 Å². The first-order chi connectivity index (χ1) is 16.9. The number of thiophene rings is 1. The van der Waals surface area contributed by atoms with E-state index < -0.39 is 0 Å². The molecule has 1 saturated heterocycles. The van der Waals surface area contributed by atoms with Crippen LogP contribution in [0.15, 0.2) is 36.4 Å². The minimum atomic E-state index is -0.129. The van der Waals surface area contributed by atoms with Gasteiger partial charge in [0.2, 0.25) is 0 Å². The Morgan fingerprint density at radius 3 is 2.54 bits per heavy atom. The van der Waals surface area contributed by atoms with Crippen LogP contribution in [0, 0.1) is 0 Å². The Hall–Kier alpha value is -3.04. The van der Waals surface area contributed by atoms with E-state index in [4.69, 9.17) is 9.47 Å². The van der Waals surface area contributed by atoms with E-state index in [0.717, 1.165) is 73.2 Å². The fourth-order valence-electron chi connectivity index (χ4n) is 4.32. The fourth-order valence-corrected chi connectivity index (χ4v) is 5.27. The van der Waals surface area contributed by atoms with Crippen LogP contribution in [0.1, 0.15) is 41.2 Å². The summed E-state index contributed by atoms with van der Waals surface area (Å²) in [6.07, 6.45) is 2.68. The van der Waals surface area contributed by atoms with E-state index in [1.165, 1.54) is 0 Å². The maximum Gasteiger partial charge on any atom is 0.267 e. The first-order valence-corrected chi connectivity index (χ1v) is 12.9. The molecule has 0 spiro atoms. The first-order valence-electron chi connectivity index (χ1n) is 12.1. The molecule has 1 amide bonds. The summed E-state index contributed by atoms with van der Waals surface area (Å²) in [5.74, 6) is 1.94. The predicted octanol–water partition coefficient (Wildman–Crippen LogP) is 4.45. The summed E-state index contributed by atoms with van der Waals surface area (Å²) in [5, 5.41) is 11.4. The number of benzene rings is 1. The molecule has 2 N–H and O–H groups in total. The zero-order chi connectivity index (χ0) is 24.8. The van der Waals surface area contributed by atoms with Gasteiger partial charge in [-0.1, -0.05) is 0 Å². The largest absolute Gasteiger partial charge is 0.497 e. The number of aryl methyl sites for hydroxylation is 2. The van der Waals surface area contributed by atoms with Crippen molar-refractivity contribution in [3.05, 3.63) is 52.5 Å². The van der Waals surface area contributed by atoms with E-state index >= 15 is 0 Å². The van der Waals surface area contributed by atoms with Crippen LogP contribution in [-0.4, -0.2) is 67.4 Å². The Kier molecular flexibility index (Phi) is 8.30. The minimum absolute atomic E-state index is 0.129. The van der Waals surface area contributed by atoms with E-state index in [2.05, 4.69) is 45.2 Å². The van der Waals surface area contributed by atoms with Crippen molar-refractivity contribution in [2.45, 2.75) is 39.2 Å². The van der Waals surface area contributed by atoms with Crippen LogP contribution in [0.5, 0.6) is 11.5 Å². The third-order valence-electron chi connectivity index (χ3n) is 6.35. The third kappa shape index (κ3) is 6.55. The number of ether oxygens (including phenoxy) is 2. The number of carbonyl (C=O) groups is 1. The molecule has 0 unspecified atom stereocenters. The standard InChI is InChI=1S/C26H35N5O3S/c1-18(2)30-10-5-11-31(13-12-30)25-9-8-23(35-25)26(32)27-24-16-20(28-29-24)7-6-19-14-21(33-3)17-22(15-19)34-4/h8-9,14-18H,5-7,10-13H2,1-4H3,(H2,27,28,29,32). The molecule has 3 heterocycles. The number of carbonyl (C=O) groups excluding carboxylic acids is 1. The lowest BCUT2D eigenvalue weighted by Gasteiger charge is -2.25. The highest BCUT2D eigenvalue weighted by atomic mass is 32.1. The van der Waals surface area contributed by atoms with Crippen molar-refractivity contribution in [3.8, 4) is 11.5 Å². The lowest BCUT2D eigenvalue weighted by molar-refractivity contribution is 0.103. The average molecular weight is 498 g/mol. The van der Waals surface area contributed by atoms with Crippen LogP contribution in [0.2, 0.25) is 0 Å². The monoisotopic (exact) mass is 497 g/mol. The van der Waals surface area contributed by atoms with Gasteiger partial charge in [0.05, 0.1) is 24.1 Å². The average Bonchev–Trinajstić information content (AvgIpc) is 3.46. The molecule has 0 bridgehead atoms. The Morgan fingerprint density at radius 1 is 1.06 bits per heavy atom. The number of methoxy groups -OCH3 is 2. The number of amides is 1. The maximum absolute atomic E-state index is 12.8. The molecule has 1 aliphatic heterocycles. The second-order valence-corrected chi connectivity index (χ2v) is 10.1. The number of nitrogens with one attached hydrogen (secondary N) is 2. The minimum Gasteiger partial charge on any atom is -0.497 e. The van der Waals surface area contributed by atoms with E-state index in [1.54, 1.807) is 25.6 Å². The van der Waals surface area contributed by atoms with Gasteiger partial charge >= 0.3 is 0 Å². The number of anilines is 2. The molecule has 0 aliphatic carbocycles. The molecular formula is C26H35N5O3S. The van der Waals surface area contributed by atoms with Crippen LogP contribution in [0.3, 0.4) is 0 Å². The van der Waals surface area contributed by atoms with Crippen LogP contribution >= 0.6 is 11.3 Å². The Balaban J connectivity index is 1.32. The van der Waals surface area contributed by atoms with Gasteiger partial charge in [-0.15, -0.1) is 11.3 Å². The summed E-state index contributed by atoms with van der Waals surface area (Å²) in [6.45, 7) is 8.68. The number of H-pyrrole nitrogens is 1. The fraction of sp³-hybridized carbons (Fsp3) is 0.462. The van der Waals surface area contributed by atoms with E-state index in [1.807, 2.05) is 30.3 Å². The van der Waals surface area contributed by atoms with Gasteiger partial charge in [-0.2, -0.15) is 5.10 Å². The van der Waals surface area contributed by atoms with Gasteiger partial charge in [0.15, 0.2) is 5.82 Å². The molecule has 1 fully saturated rings. The summed E-state index contributed by atoms with van der Waals surface area (Å²) in [7, 11) is 3.29. The summed E-state index contributed by atoms with van der Waals surface area (Å²) in [5.41, 5.74) is 2.06. The second kappa shape index (κ2) is 11.6. The number of aromatic nitrogens is 2. The highest BCUT2D eigenvalue weighted by Crippen LogP contribution is 2.28. The van der Waals surface area contributed by atoms with Crippen LogP contribution in [-0.2, 0) is 12.8 Å². The molecule has 8 nitrogen and oxygen atoms in total. The van der Waals surface area contributed by atoms with Crippen molar-refractivity contribution >= 4 is 28.1 Å². The van der Waals surface area contributed by atoms with Crippen molar-refractivity contribution in [1.29, 1.82) is 0 Å². The van der Waals surface area contributed by atoms with E-state index in [0.29, 0.717) is 16.7 Å². The van der Waals surface area contributed by atoms with Crippen LogP contribution < -0.4 is 19.7 Å². The number of rotatable bonds is 9. The van der Waals surface area contributed by atoms with Crippen molar-refractivity contribution in [1.82, 2.24) is 15.1 Å². The Bertz CT molecular complexity index is 1100. The van der Waals surface area contributed by atoms with Gasteiger partial charge in [-0.3, -0.25) is 14.8 Å². The van der Waals surface area contributed by atoms with E-state index in [9.17, 15) is 4.79 Å². The summed E-state index contributed by atoms with van der Waals surface area (Å²) in [4.78, 5) is 18.4. The highest BCUT2D eigenvalue weighted by molar-refractivity contribution is 7.18. The molecule has 1 aliphatic rings. The SMILES string of the molecule is COc1cc(CCc2cc(NC(=O)c3ccc(N4CCCN(C(C)C)CC4)s3)n[nH]2)cc(OC)c1. The van der Waals surface area contributed by atoms with Crippen molar-refractivity contribution < 1.29 is 14.3 Å². The normalized spacial score (nSPS) is 14.7.